The number of hydrogen-bond donors (Lipinski definition) is 4. The first kappa shape index (κ1) is 36.6. The summed E-state index contributed by atoms with van der Waals surface area (Å²) in [7, 11) is -5.07. The van der Waals surface area contributed by atoms with E-state index in [0.717, 1.165) is 22.5 Å². The van der Waals surface area contributed by atoms with E-state index in [0.29, 0.717) is 6.29 Å². The summed E-state index contributed by atoms with van der Waals surface area (Å²) in [5, 5.41) is 7.65. The molecule has 2 heterocycles. The van der Waals surface area contributed by atoms with E-state index < -0.39 is 64.5 Å². The summed E-state index contributed by atoms with van der Waals surface area (Å²) in [4.78, 5) is 58.6. The number of anilines is 1. The molecule has 1 aromatic heterocycles. The van der Waals surface area contributed by atoms with Gasteiger partial charge in [-0.05, 0) is 11.1 Å². The summed E-state index contributed by atoms with van der Waals surface area (Å²) in [6.45, 7) is 0.662. The molecule has 1 fully saturated rings. The Hall–Kier alpha value is -3.91. The molecular weight excluding hydrogens is 655 g/mol. The van der Waals surface area contributed by atoms with Gasteiger partial charge in [0.1, 0.15) is 36.8 Å². The monoisotopic (exact) mass is 684 g/mol. The normalized spacial score (nSPS) is 17.7. The van der Waals surface area contributed by atoms with Crippen LogP contribution in [0.3, 0.4) is 0 Å². The van der Waals surface area contributed by atoms with Gasteiger partial charge in [0.15, 0.2) is 10.8 Å². The number of aromatic nitrogens is 1. The van der Waals surface area contributed by atoms with Gasteiger partial charge in [0.05, 0.1) is 6.42 Å². The average Bonchev–Trinajstić information content (AvgIpc) is 3.42. The Morgan fingerprint density at radius 2 is 1.76 bits per heavy atom. The summed E-state index contributed by atoms with van der Waals surface area (Å²) in [6.07, 6.45) is -1.81. The number of benzene rings is 2. The number of nitrogens with two attached hydrogens (primary N) is 2. The molecule has 16 nitrogen and oxygen atoms in total. The summed E-state index contributed by atoms with van der Waals surface area (Å²) in [5.41, 5.74) is 11.5. The van der Waals surface area contributed by atoms with Gasteiger partial charge in [-0.2, -0.15) is 8.42 Å². The number of rotatable bonds is 14. The number of nitrogens with one attached hydrogen (secondary N) is 1. The number of carbonyl (C=O) groups is 4. The number of amides is 3. The van der Waals surface area contributed by atoms with Crippen LogP contribution < -0.4 is 16.8 Å². The zero-order valence-electron chi connectivity index (χ0n) is 23.5. The van der Waals surface area contributed by atoms with Crippen LogP contribution in [0.2, 0.25) is 0 Å². The second kappa shape index (κ2) is 15.6. The fourth-order valence-electron chi connectivity index (χ4n) is 4.34. The van der Waals surface area contributed by atoms with Crippen molar-refractivity contribution in [2.75, 3.05) is 12.3 Å². The molecule has 240 valence electrons. The molecule has 0 bridgehead atoms. The fraction of sp³-hybridized carbons (Fsp3) is 0.259. The second-order valence-electron chi connectivity index (χ2n) is 9.69. The van der Waals surface area contributed by atoms with Crippen LogP contribution in [0.1, 0.15) is 36.3 Å². The van der Waals surface area contributed by atoms with Gasteiger partial charge in [-0.25, -0.2) is 14.1 Å². The number of oxime groups is 1. The van der Waals surface area contributed by atoms with Crippen molar-refractivity contribution in [3.8, 4) is 0 Å². The number of aldehydes is 1. The van der Waals surface area contributed by atoms with Crippen molar-refractivity contribution in [2.24, 2.45) is 10.9 Å². The Bertz CT molecular complexity index is 1650. The standard InChI is InChI=1S/C27H28N6O10S2.Na.H/c1-27(12-13-34,42-22(16-8-4-2-5-9-16)17-10-6-3-7-11-17)43-32-20(18-15-44-25(28)30-18)23(35)31-21-19(14-41-26(29)37)33(24(21)36)45(38,39)40;;/h2-11,13,15,19,21-22H,12,14H2,1H3,(H2,28,30)(H2,29,37)(H,31,35)(H,38,39,40);;/b32-20-;;. The van der Waals surface area contributed by atoms with Gasteiger partial charge < -0.3 is 35.9 Å². The van der Waals surface area contributed by atoms with Crippen molar-refractivity contribution in [3.05, 3.63) is 82.9 Å². The average molecular weight is 685 g/mol. The molecular formula is C27H29N6NaO10S2. The Morgan fingerprint density at radius 1 is 1.17 bits per heavy atom. The summed E-state index contributed by atoms with van der Waals surface area (Å²) >= 11 is 0.958. The zero-order valence-corrected chi connectivity index (χ0v) is 25.1. The SMILES string of the molecule is CC(CC=O)(O/N=C(\C(=O)NC1C(=O)N(S(=O)(=O)O)C1COC(N)=O)c1csc(N)n1)OC(c1ccccc1)c1ccccc1.[NaH]. The summed E-state index contributed by atoms with van der Waals surface area (Å²) in [5.74, 6) is -4.07. The first-order valence-electron chi connectivity index (χ1n) is 13.1. The molecule has 1 aliphatic rings. The molecule has 46 heavy (non-hydrogen) atoms. The molecule has 2 aromatic carbocycles. The van der Waals surface area contributed by atoms with E-state index in [1.165, 1.54) is 12.3 Å². The van der Waals surface area contributed by atoms with Gasteiger partial charge >= 0.3 is 46.0 Å². The minimum atomic E-state index is -5.07. The van der Waals surface area contributed by atoms with Gasteiger partial charge in [-0.3, -0.25) is 14.1 Å². The van der Waals surface area contributed by atoms with Crippen molar-refractivity contribution < 1.29 is 46.5 Å². The number of β-lactam (4-membered cyclic amide) rings is 1. The van der Waals surface area contributed by atoms with Crippen LogP contribution in [-0.2, 0) is 39.0 Å². The zero-order chi connectivity index (χ0) is 32.8. The van der Waals surface area contributed by atoms with Gasteiger partial charge in [0, 0.05) is 12.3 Å². The predicted molar refractivity (Wildman–Crippen MR) is 166 cm³/mol. The Morgan fingerprint density at radius 3 is 2.24 bits per heavy atom. The number of primary amides is 1. The minimum absolute atomic E-state index is 0. The van der Waals surface area contributed by atoms with E-state index in [-0.39, 0.29) is 51.1 Å². The quantitative estimate of drug-likeness (QED) is 0.0345. The molecule has 0 aliphatic carbocycles. The molecule has 19 heteroatoms. The molecule has 0 saturated carbocycles. The van der Waals surface area contributed by atoms with Crippen LogP contribution in [-0.4, -0.2) is 106 Å². The van der Waals surface area contributed by atoms with Gasteiger partial charge in [0.2, 0.25) is 5.79 Å². The first-order valence-corrected chi connectivity index (χ1v) is 15.3. The number of nitrogens with zero attached hydrogens (tertiary/aromatic N) is 3. The molecule has 6 N–H and O–H groups in total. The van der Waals surface area contributed by atoms with Crippen molar-refractivity contribution >= 4 is 86.2 Å². The van der Waals surface area contributed by atoms with Crippen molar-refractivity contribution in [3.63, 3.8) is 0 Å². The topological polar surface area (TPSA) is 243 Å². The number of ether oxygens (including phenoxy) is 2. The van der Waals surface area contributed by atoms with Crippen molar-refractivity contribution in [1.29, 1.82) is 0 Å². The van der Waals surface area contributed by atoms with Crippen LogP contribution in [0.5, 0.6) is 0 Å². The summed E-state index contributed by atoms with van der Waals surface area (Å²) < 4.78 is 43.8. The molecule has 0 spiro atoms. The van der Waals surface area contributed by atoms with Crippen LogP contribution in [0.15, 0.2) is 71.2 Å². The van der Waals surface area contributed by atoms with E-state index in [4.69, 9.17) is 21.0 Å². The second-order valence-corrected chi connectivity index (χ2v) is 11.9. The number of carbonyl (C=O) groups excluding carboxylic acids is 4. The molecule has 3 unspecified atom stereocenters. The van der Waals surface area contributed by atoms with Crippen LogP contribution in [0.4, 0.5) is 9.93 Å². The Labute approximate surface area is 289 Å². The third-order valence-corrected chi connectivity index (χ3v) is 8.06. The molecule has 1 aliphatic heterocycles. The molecule has 0 radical (unpaired) electrons. The predicted octanol–water partition coefficient (Wildman–Crippen LogP) is 0.503. The van der Waals surface area contributed by atoms with Gasteiger partial charge in [-0.15, -0.1) is 11.3 Å². The van der Waals surface area contributed by atoms with E-state index in [1.807, 2.05) is 60.7 Å². The van der Waals surface area contributed by atoms with E-state index in [9.17, 15) is 32.1 Å². The number of thiazole rings is 1. The Kier molecular flexibility index (Phi) is 12.4. The molecule has 1 saturated heterocycles. The fourth-order valence-corrected chi connectivity index (χ4v) is 5.75. The Balaban J connectivity index is 0.00000576. The summed E-state index contributed by atoms with van der Waals surface area (Å²) in [6, 6.07) is 15.1. The van der Waals surface area contributed by atoms with Crippen molar-refractivity contribution in [1.82, 2.24) is 14.6 Å². The van der Waals surface area contributed by atoms with Crippen LogP contribution in [0.25, 0.3) is 0 Å². The molecule has 3 aromatic rings. The van der Waals surface area contributed by atoms with Crippen molar-refractivity contribution in [2.45, 2.75) is 37.3 Å². The van der Waals surface area contributed by atoms with E-state index in [1.54, 1.807) is 0 Å². The third kappa shape index (κ3) is 8.87. The number of nitrogen functional groups attached to an aromatic ring is 1. The van der Waals surface area contributed by atoms with Gasteiger partial charge in [-0.1, -0.05) is 65.8 Å². The molecule has 4 rings (SSSR count). The van der Waals surface area contributed by atoms with Crippen LogP contribution in [0, 0.1) is 0 Å². The van der Waals surface area contributed by atoms with Crippen LogP contribution >= 0.6 is 11.3 Å². The number of hydrogen-bond acceptors (Lipinski definition) is 13. The van der Waals surface area contributed by atoms with E-state index in [2.05, 4.69) is 20.2 Å². The van der Waals surface area contributed by atoms with E-state index >= 15 is 0 Å². The van der Waals surface area contributed by atoms with Gasteiger partial charge in [0.25, 0.3) is 11.8 Å². The molecule has 3 atom stereocenters. The maximum atomic E-state index is 13.5. The third-order valence-electron chi connectivity index (χ3n) is 6.44. The maximum absolute atomic E-state index is 13.5. The molecule has 3 amide bonds. The first-order chi connectivity index (χ1) is 21.3.